The predicted octanol–water partition coefficient (Wildman–Crippen LogP) is 1.57. The van der Waals surface area contributed by atoms with Gasteiger partial charge in [0.1, 0.15) is 0 Å². The molecule has 2 unspecified atom stereocenters. The SMILES string of the molecule is N#CC1CCCC1NC(=O)N1C[C@@H]2CCC[C@@]2(C(=O)O)C1. The summed E-state index contributed by atoms with van der Waals surface area (Å²) >= 11 is 0. The molecule has 2 aliphatic carbocycles. The lowest BCUT2D eigenvalue weighted by Gasteiger charge is -2.25. The molecule has 4 atom stereocenters. The van der Waals surface area contributed by atoms with Crippen molar-refractivity contribution in [2.75, 3.05) is 13.1 Å². The average molecular weight is 291 g/mol. The van der Waals surface area contributed by atoms with E-state index in [2.05, 4.69) is 11.4 Å². The molecule has 2 amide bonds. The summed E-state index contributed by atoms with van der Waals surface area (Å²) in [6, 6.07) is 1.97. The van der Waals surface area contributed by atoms with Gasteiger partial charge >= 0.3 is 12.0 Å². The number of carboxylic acid groups (broad SMARTS) is 1. The summed E-state index contributed by atoms with van der Waals surface area (Å²) in [7, 11) is 0. The van der Waals surface area contributed by atoms with Crippen molar-refractivity contribution in [2.24, 2.45) is 17.3 Å². The van der Waals surface area contributed by atoms with Gasteiger partial charge in [-0.1, -0.05) is 6.42 Å². The molecule has 0 aromatic heterocycles. The highest BCUT2D eigenvalue weighted by atomic mass is 16.4. The second-order valence-electron chi connectivity index (χ2n) is 6.65. The zero-order valence-electron chi connectivity index (χ0n) is 12.0. The minimum atomic E-state index is -0.768. The number of nitrogens with one attached hydrogen (secondary N) is 1. The van der Waals surface area contributed by atoms with Gasteiger partial charge in [0, 0.05) is 19.1 Å². The van der Waals surface area contributed by atoms with Gasteiger partial charge in [-0.3, -0.25) is 4.79 Å². The number of likely N-dealkylation sites (tertiary alicyclic amines) is 1. The summed E-state index contributed by atoms with van der Waals surface area (Å²) in [5.41, 5.74) is -0.734. The molecule has 3 fully saturated rings. The first kappa shape index (κ1) is 14.2. The first-order valence-corrected chi connectivity index (χ1v) is 7.75. The molecule has 0 radical (unpaired) electrons. The summed E-state index contributed by atoms with van der Waals surface area (Å²) in [6.07, 6.45) is 5.13. The summed E-state index contributed by atoms with van der Waals surface area (Å²) in [5.74, 6) is -0.795. The van der Waals surface area contributed by atoms with Crippen LogP contribution in [0.25, 0.3) is 0 Å². The van der Waals surface area contributed by atoms with Crippen LogP contribution in [0.15, 0.2) is 0 Å². The standard InChI is InChI=1S/C15H21N3O3/c16-7-10-3-1-5-12(10)17-14(21)18-8-11-4-2-6-15(11,9-18)13(19)20/h10-12H,1-6,8-9H2,(H,17,21)(H,19,20)/t10?,11-,12?,15+/m0/s1. The van der Waals surface area contributed by atoms with Crippen LogP contribution in [0.5, 0.6) is 0 Å². The number of urea groups is 1. The molecule has 0 aromatic carbocycles. The smallest absolute Gasteiger partial charge is 0.317 e. The molecule has 114 valence electrons. The van der Waals surface area contributed by atoms with Crippen molar-refractivity contribution in [3.8, 4) is 6.07 Å². The van der Waals surface area contributed by atoms with Gasteiger partial charge in [0.05, 0.1) is 17.4 Å². The molecule has 2 N–H and O–H groups in total. The molecule has 6 heteroatoms. The van der Waals surface area contributed by atoms with Gasteiger partial charge in [-0.2, -0.15) is 5.26 Å². The zero-order chi connectivity index (χ0) is 15.0. The van der Waals surface area contributed by atoms with E-state index in [1.54, 1.807) is 4.90 Å². The molecular formula is C15H21N3O3. The number of carbonyl (C=O) groups is 2. The number of fused-ring (bicyclic) bond motifs is 1. The molecule has 1 aliphatic heterocycles. The van der Waals surface area contributed by atoms with Crippen molar-refractivity contribution >= 4 is 12.0 Å². The predicted molar refractivity (Wildman–Crippen MR) is 74.3 cm³/mol. The van der Waals surface area contributed by atoms with E-state index in [-0.39, 0.29) is 23.9 Å². The van der Waals surface area contributed by atoms with Crippen molar-refractivity contribution in [3.63, 3.8) is 0 Å². The fourth-order valence-electron chi connectivity index (χ4n) is 4.33. The molecule has 0 aromatic rings. The Morgan fingerprint density at radius 2 is 2.10 bits per heavy atom. The molecule has 0 bridgehead atoms. The van der Waals surface area contributed by atoms with Gasteiger partial charge in [0.2, 0.25) is 0 Å². The first-order valence-electron chi connectivity index (χ1n) is 7.75. The molecular weight excluding hydrogens is 270 g/mol. The molecule has 21 heavy (non-hydrogen) atoms. The van der Waals surface area contributed by atoms with Crippen LogP contribution < -0.4 is 5.32 Å². The number of rotatable bonds is 2. The van der Waals surface area contributed by atoms with Crippen LogP contribution in [-0.4, -0.2) is 41.1 Å². The van der Waals surface area contributed by atoms with E-state index in [0.29, 0.717) is 19.5 Å². The molecule has 1 saturated heterocycles. The quantitative estimate of drug-likeness (QED) is 0.807. The molecule has 2 saturated carbocycles. The minimum Gasteiger partial charge on any atom is -0.481 e. The van der Waals surface area contributed by atoms with Crippen LogP contribution in [-0.2, 0) is 4.79 Å². The number of amides is 2. The second-order valence-corrected chi connectivity index (χ2v) is 6.65. The van der Waals surface area contributed by atoms with E-state index >= 15 is 0 Å². The fourth-order valence-corrected chi connectivity index (χ4v) is 4.33. The highest BCUT2D eigenvalue weighted by Crippen LogP contribution is 2.48. The van der Waals surface area contributed by atoms with Crippen LogP contribution in [0.2, 0.25) is 0 Å². The Morgan fingerprint density at radius 1 is 1.29 bits per heavy atom. The number of carbonyl (C=O) groups excluding carboxylic acids is 1. The number of nitriles is 1. The number of hydrogen-bond donors (Lipinski definition) is 2. The van der Waals surface area contributed by atoms with Gasteiger partial charge in [0.25, 0.3) is 0 Å². The Kier molecular flexibility index (Phi) is 3.52. The molecule has 1 heterocycles. The molecule has 6 nitrogen and oxygen atoms in total. The highest BCUT2D eigenvalue weighted by molar-refractivity contribution is 5.80. The number of aliphatic carboxylic acids is 1. The Bertz CT molecular complexity index is 501. The topological polar surface area (TPSA) is 93.4 Å². The van der Waals surface area contributed by atoms with Crippen molar-refractivity contribution in [1.82, 2.24) is 10.2 Å². The Balaban J connectivity index is 1.65. The van der Waals surface area contributed by atoms with Gasteiger partial charge in [-0.05, 0) is 38.0 Å². The third kappa shape index (κ3) is 2.25. The van der Waals surface area contributed by atoms with Crippen molar-refractivity contribution in [1.29, 1.82) is 5.26 Å². The Hall–Kier alpha value is -1.77. The maximum Gasteiger partial charge on any atom is 0.317 e. The normalized spacial score (nSPS) is 38.0. The zero-order valence-corrected chi connectivity index (χ0v) is 12.0. The molecule has 3 aliphatic rings. The third-order valence-corrected chi connectivity index (χ3v) is 5.57. The van der Waals surface area contributed by atoms with Crippen molar-refractivity contribution < 1.29 is 14.7 Å². The maximum atomic E-state index is 12.4. The molecule has 0 spiro atoms. The summed E-state index contributed by atoms with van der Waals surface area (Å²) in [5, 5.41) is 21.5. The van der Waals surface area contributed by atoms with E-state index in [1.807, 2.05) is 0 Å². The summed E-state index contributed by atoms with van der Waals surface area (Å²) < 4.78 is 0. The second kappa shape index (κ2) is 5.21. The number of hydrogen-bond acceptors (Lipinski definition) is 3. The van der Waals surface area contributed by atoms with Crippen molar-refractivity contribution in [3.05, 3.63) is 0 Å². The largest absolute Gasteiger partial charge is 0.481 e. The summed E-state index contributed by atoms with van der Waals surface area (Å²) in [6.45, 7) is 0.838. The van der Waals surface area contributed by atoms with Gasteiger partial charge in [-0.25, -0.2) is 4.79 Å². The van der Waals surface area contributed by atoms with Gasteiger partial charge in [0.15, 0.2) is 0 Å². The van der Waals surface area contributed by atoms with Crippen LogP contribution in [0.1, 0.15) is 38.5 Å². The summed E-state index contributed by atoms with van der Waals surface area (Å²) in [4.78, 5) is 25.6. The lowest BCUT2D eigenvalue weighted by atomic mass is 9.81. The van der Waals surface area contributed by atoms with Gasteiger partial charge < -0.3 is 15.3 Å². The van der Waals surface area contributed by atoms with Crippen LogP contribution in [0.4, 0.5) is 4.79 Å². The highest BCUT2D eigenvalue weighted by Gasteiger charge is 2.56. The van der Waals surface area contributed by atoms with E-state index in [9.17, 15) is 14.7 Å². The van der Waals surface area contributed by atoms with Crippen LogP contribution in [0.3, 0.4) is 0 Å². The average Bonchev–Trinajstić information content (AvgIpc) is 3.10. The fraction of sp³-hybridized carbons (Fsp3) is 0.800. The van der Waals surface area contributed by atoms with Crippen LogP contribution in [0, 0.1) is 28.6 Å². The lowest BCUT2D eigenvalue weighted by molar-refractivity contribution is -0.149. The third-order valence-electron chi connectivity index (χ3n) is 5.57. The number of nitrogens with zero attached hydrogens (tertiary/aromatic N) is 2. The van der Waals surface area contributed by atoms with E-state index in [4.69, 9.17) is 5.26 Å². The molecule has 3 rings (SSSR count). The van der Waals surface area contributed by atoms with Crippen molar-refractivity contribution in [2.45, 2.75) is 44.6 Å². The number of carboxylic acids is 1. The van der Waals surface area contributed by atoms with Gasteiger partial charge in [-0.15, -0.1) is 0 Å². The maximum absolute atomic E-state index is 12.4. The van der Waals surface area contributed by atoms with E-state index in [0.717, 1.165) is 32.1 Å². The Morgan fingerprint density at radius 3 is 2.76 bits per heavy atom. The van der Waals surface area contributed by atoms with Crippen LogP contribution >= 0.6 is 0 Å². The lowest BCUT2D eigenvalue weighted by Crippen LogP contribution is -2.46. The monoisotopic (exact) mass is 291 g/mol. The Labute approximate surface area is 124 Å². The van der Waals surface area contributed by atoms with E-state index < -0.39 is 11.4 Å². The van der Waals surface area contributed by atoms with E-state index in [1.165, 1.54) is 0 Å². The minimum absolute atomic E-state index is 0.0797. The first-order chi connectivity index (χ1) is 10.1.